The summed E-state index contributed by atoms with van der Waals surface area (Å²) in [4.78, 5) is 11.1. The predicted molar refractivity (Wildman–Crippen MR) is 68.5 cm³/mol. The van der Waals surface area contributed by atoms with Crippen molar-refractivity contribution in [3.8, 4) is 0 Å². The van der Waals surface area contributed by atoms with Crippen LogP contribution in [0.4, 0.5) is 0 Å². The molecule has 96 valence electrons. The molecule has 0 saturated heterocycles. The summed E-state index contributed by atoms with van der Waals surface area (Å²) in [6.07, 6.45) is 5.80. The molecule has 6 atom stereocenters. The van der Waals surface area contributed by atoms with Gasteiger partial charge >= 0.3 is 0 Å². The van der Waals surface area contributed by atoms with Gasteiger partial charge in [0.25, 0.3) is 0 Å². The molecule has 2 rings (SSSR count). The van der Waals surface area contributed by atoms with E-state index in [1.165, 1.54) is 0 Å². The highest BCUT2D eigenvalue weighted by Crippen LogP contribution is 2.62. The molecule has 0 spiro atoms. The standard InChI is InChI=1S/C15H24O2/c1-5-15-7-12(6-14(4,17)9-15)11(3)13(15)10(2)8-16/h5,8,10-13,17H,1,6-7,9H2,2-4H3/t10-,11?,12?,13?,14?,15?/m1/s1. The maximum absolute atomic E-state index is 11.1. The first kappa shape index (κ1) is 12.8. The van der Waals surface area contributed by atoms with Crippen LogP contribution in [0.15, 0.2) is 12.7 Å². The molecule has 5 unspecified atom stereocenters. The second kappa shape index (κ2) is 3.94. The Labute approximate surface area is 104 Å². The molecular formula is C15H24O2. The van der Waals surface area contributed by atoms with Crippen LogP contribution in [0.3, 0.4) is 0 Å². The molecule has 2 fully saturated rings. The van der Waals surface area contributed by atoms with Crippen molar-refractivity contribution < 1.29 is 9.90 Å². The van der Waals surface area contributed by atoms with Crippen LogP contribution >= 0.6 is 0 Å². The van der Waals surface area contributed by atoms with Crippen LogP contribution in [-0.2, 0) is 4.79 Å². The second-order valence-corrected chi connectivity index (χ2v) is 6.66. The number of allylic oxidation sites excluding steroid dienone is 1. The van der Waals surface area contributed by atoms with Crippen LogP contribution in [-0.4, -0.2) is 17.0 Å². The summed E-state index contributed by atoms with van der Waals surface area (Å²) >= 11 is 0. The van der Waals surface area contributed by atoms with Gasteiger partial charge < -0.3 is 9.90 Å². The fourth-order valence-electron chi connectivity index (χ4n) is 4.80. The Kier molecular flexibility index (Phi) is 2.97. The van der Waals surface area contributed by atoms with Crippen molar-refractivity contribution >= 4 is 6.29 Å². The van der Waals surface area contributed by atoms with Crippen molar-refractivity contribution in [2.45, 2.75) is 45.6 Å². The van der Waals surface area contributed by atoms with Crippen molar-refractivity contribution in [3.05, 3.63) is 12.7 Å². The van der Waals surface area contributed by atoms with E-state index in [0.717, 1.165) is 25.5 Å². The number of carbonyl (C=O) groups is 1. The maximum atomic E-state index is 11.1. The van der Waals surface area contributed by atoms with E-state index in [2.05, 4.69) is 13.5 Å². The van der Waals surface area contributed by atoms with Gasteiger partial charge in [0.2, 0.25) is 0 Å². The average Bonchev–Trinajstić information content (AvgIpc) is 2.46. The molecule has 2 bridgehead atoms. The number of aldehydes is 1. The SMILES string of the molecule is C=CC12CC(CC(C)(O)C1)C(C)C2[C@H](C)C=O. The van der Waals surface area contributed by atoms with E-state index in [-0.39, 0.29) is 11.3 Å². The smallest absolute Gasteiger partial charge is 0.123 e. The summed E-state index contributed by atoms with van der Waals surface area (Å²) in [6, 6.07) is 0. The topological polar surface area (TPSA) is 37.3 Å². The lowest BCUT2D eigenvalue weighted by Crippen LogP contribution is -2.40. The Balaban J connectivity index is 2.40. The molecule has 2 aliphatic rings. The van der Waals surface area contributed by atoms with Gasteiger partial charge in [0.15, 0.2) is 0 Å². The van der Waals surface area contributed by atoms with Crippen molar-refractivity contribution in [1.29, 1.82) is 0 Å². The first-order valence-corrected chi connectivity index (χ1v) is 6.66. The van der Waals surface area contributed by atoms with E-state index in [9.17, 15) is 9.90 Å². The lowest BCUT2D eigenvalue weighted by atomic mass is 9.64. The zero-order chi connectivity index (χ0) is 12.8. The van der Waals surface area contributed by atoms with E-state index in [1.807, 2.05) is 19.9 Å². The Morgan fingerprint density at radius 2 is 2.12 bits per heavy atom. The third kappa shape index (κ3) is 1.87. The minimum atomic E-state index is -0.595. The second-order valence-electron chi connectivity index (χ2n) is 6.66. The first-order chi connectivity index (χ1) is 7.85. The zero-order valence-electron chi connectivity index (χ0n) is 11.1. The summed E-state index contributed by atoms with van der Waals surface area (Å²) in [5.74, 6) is 1.43. The summed E-state index contributed by atoms with van der Waals surface area (Å²) < 4.78 is 0. The summed E-state index contributed by atoms with van der Waals surface area (Å²) in [6.45, 7) is 10.2. The van der Waals surface area contributed by atoms with Crippen LogP contribution in [0.1, 0.15) is 40.0 Å². The fourth-order valence-corrected chi connectivity index (χ4v) is 4.80. The molecule has 1 N–H and O–H groups in total. The molecule has 2 heteroatoms. The molecule has 2 saturated carbocycles. The van der Waals surface area contributed by atoms with Gasteiger partial charge in [-0.1, -0.05) is 19.9 Å². The minimum absolute atomic E-state index is 0.0356. The molecule has 0 aliphatic heterocycles. The van der Waals surface area contributed by atoms with E-state index in [0.29, 0.717) is 17.8 Å². The summed E-state index contributed by atoms with van der Waals surface area (Å²) in [7, 11) is 0. The van der Waals surface area contributed by atoms with Gasteiger partial charge in [0, 0.05) is 5.92 Å². The summed E-state index contributed by atoms with van der Waals surface area (Å²) in [5.41, 5.74) is -0.630. The van der Waals surface area contributed by atoms with Gasteiger partial charge in [-0.15, -0.1) is 6.58 Å². The maximum Gasteiger partial charge on any atom is 0.123 e. The third-order valence-corrected chi connectivity index (χ3v) is 5.22. The van der Waals surface area contributed by atoms with Crippen molar-refractivity contribution in [1.82, 2.24) is 0 Å². The molecule has 0 aromatic rings. The quantitative estimate of drug-likeness (QED) is 0.604. The number of hydrogen-bond acceptors (Lipinski definition) is 2. The van der Waals surface area contributed by atoms with Crippen LogP contribution in [0, 0.1) is 29.1 Å². The Bertz CT molecular complexity index is 334. The lowest BCUT2D eigenvalue weighted by molar-refractivity contribution is -0.114. The minimum Gasteiger partial charge on any atom is -0.390 e. The van der Waals surface area contributed by atoms with Gasteiger partial charge in [0.1, 0.15) is 6.29 Å². The largest absolute Gasteiger partial charge is 0.390 e. The van der Waals surface area contributed by atoms with Gasteiger partial charge in [-0.3, -0.25) is 0 Å². The number of rotatable bonds is 3. The van der Waals surface area contributed by atoms with Gasteiger partial charge in [0.05, 0.1) is 5.60 Å². The van der Waals surface area contributed by atoms with Gasteiger partial charge in [-0.2, -0.15) is 0 Å². The molecule has 0 heterocycles. The molecule has 2 nitrogen and oxygen atoms in total. The Hall–Kier alpha value is -0.630. The highest BCUT2D eigenvalue weighted by Gasteiger charge is 2.58. The molecule has 2 aliphatic carbocycles. The Morgan fingerprint density at radius 1 is 1.47 bits per heavy atom. The van der Waals surface area contributed by atoms with Crippen molar-refractivity contribution in [3.63, 3.8) is 0 Å². The number of hydrogen-bond donors (Lipinski definition) is 1. The summed E-state index contributed by atoms with van der Waals surface area (Å²) in [5, 5.41) is 10.4. The monoisotopic (exact) mass is 236 g/mol. The van der Waals surface area contributed by atoms with E-state index in [4.69, 9.17) is 0 Å². The molecule has 0 radical (unpaired) electrons. The van der Waals surface area contributed by atoms with Crippen molar-refractivity contribution in [2.75, 3.05) is 0 Å². The van der Waals surface area contributed by atoms with Crippen LogP contribution < -0.4 is 0 Å². The first-order valence-electron chi connectivity index (χ1n) is 6.66. The van der Waals surface area contributed by atoms with Gasteiger partial charge in [-0.25, -0.2) is 0 Å². The lowest BCUT2D eigenvalue weighted by Gasteiger charge is -2.43. The zero-order valence-corrected chi connectivity index (χ0v) is 11.1. The number of fused-ring (bicyclic) bond motifs is 2. The molecule has 17 heavy (non-hydrogen) atoms. The van der Waals surface area contributed by atoms with Crippen molar-refractivity contribution in [2.24, 2.45) is 29.1 Å². The van der Waals surface area contributed by atoms with Crippen LogP contribution in [0.2, 0.25) is 0 Å². The van der Waals surface area contributed by atoms with E-state index < -0.39 is 5.60 Å². The highest BCUT2D eigenvalue weighted by atomic mass is 16.3. The number of carbonyl (C=O) groups excluding carboxylic acids is 1. The number of aliphatic hydroxyl groups is 1. The predicted octanol–water partition coefficient (Wildman–Crippen LogP) is 2.81. The fraction of sp³-hybridized carbons (Fsp3) is 0.800. The Morgan fingerprint density at radius 3 is 2.65 bits per heavy atom. The average molecular weight is 236 g/mol. The molecular weight excluding hydrogens is 212 g/mol. The van der Waals surface area contributed by atoms with E-state index in [1.54, 1.807) is 0 Å². The van der Waals surface area contributed by atoms with Gasteiger partial charge in [-0.05, 0) is 49.4 Å². The normalized spacial score (nSPS) is 50.9. The van der Waals surface area contributed by atoms with Crippen LogP contribution in [0.25, 0.3) is 0 Å². The van der Waals surface area contributed by atoms with Crippen LogP contribution in [0.5, 0.6) is 0 Å². The molecule has 0 aromatic heterocycles. The molecule has 0 aromatic carbocycles. The molecule has 0 amide bonds. The third-order valence-electron chi connectivity index (χ3n) is 5.22. The highest BCUT2D eigenvalue weighted by molar-refractivity contribution is 5.54. The van der Waals surface area contributed by atoms with E-state index >= 15 is 0 Å².